The second-order valence-electron chi connectivity index (χ2n) is 5.61. The van der Waals surface area contributed by atoms with Crippen molar-refractivity contribution in [3.63, 3.8) is 0 Å². The highest BCUT2D eigenvalue weighted by Crippen LogP contribution is 2.26. The van der Waals surface area contributed by atoms with Crippen LogP contribution in [0.1, 0.15) is 44.1 Å². The Morgan fingerprint density at radius 1 is 1.18 bits per heavy atom. The van der Waals surface area contributed by atoms with Crippen LogP contribution in [0.4, 0.5) is 5.69 Å². The molecule has 116 valence electrons. The molecule has 1 N–H and O–H groups in total. The minimum atomic E-state index is -0.373. The summed E-state index contributed by atoms with van der Waals surface area (Å²) in [6.45, 7) is -0.272. The second kappa shape index (κ2) is 8.18. The zero-order valence-corrected chi connectivity index (χ0v) is 12.5. The van der Waals surface area contributed by atoms with Gasteiger partial charge in [0.05, 0.1) is 11.6 Å². The van der Waals surface area contributed by atoms with Crippen molar-refractivity contribution in [3.05, 3.63) is 29.8 Å². The van der Waals surface area contributed by atoms with Gasteiger partial charge in [-0.1, -0.05) is 19.3 Å². The molecule has 0 heterocycles. The van der Waals surface area contributed by atoms with Gasteiger partial charge in [-0.25, -0.2) is 0 Å². The lowest BCUT2D eigenvalue weighted by atomic mass is 9.87. The van der Waals surface area contributed by atoms with Crippen molar-refractivity contribution in [1.82, 2.24) is 0 Å². The van der Waals surface area contributed by atoms with Gasteiger partial charge in [-0.2, -0.15) is 5.26 Å². The minimum Gasteiger partial charge on any atom is -0.456 e. The highest BCUT2D eigenvalue weighted by molar-refractivity contribution is 5.92. The zero-order chi connectivity index (χ0) is 15.8. The molecule has 0 aromatic heterocycles. The molecule has 0 aliphatic heterocycles. The van der Waals surface area contributed by atoms with E-state index in [2.05, 4.69) is 5.32 Å². The van der Waals surface area contributed by atoms with E-state index in [4.69, 9.17) is 10.00 Å². The van der Waals surface area contributed by atoms with Crippen LogP contribution < -0.4 is 5.32 Å². The molecule has 0 bridgehead atoms. The van der Waals surface area contributed by atoms with Crippen molar-refractivity contribution in [2.24, 2.45) is 5.92 Å². The largest absolute Gasteiger partial charge is 0.456 e. The number of carbonyl (C=O) groups is 2. The first-order valence-corrected chi connectivity index (χ1v) is 7.63. The molecule has 5 heteroatoms. The third kappa shape index (κ3) is 5.21. The molecule has 0 radical (unpaired) electrons. The van der Waals surface area contributed by atoms with E-state index in [1.54, 1.807) is 24.3 Å². The number of carbonyl (C=O) groups excluding carboxylic acids is 2. The summed E-state index contributed by atoms with van der Waals surface area (Å²) >= 11 is 0. The van der Waals surface area contributed by atoms with Crippen LogP contribution in [0.2, 0.25) is 0 Å². The Morgan fingerprint density at radius 3 is 2.50 bits per heavy atom. The number of ether oxygens (including phenoxy) is 1. The lowest BCUT2D eigenvalue weighted by molar-refractivity contribution is -0.148. The van der Waals surface area contributed by atoms with E-state index in [-0.39, 0.29) is 18.5 Å². The Morgan fingerprint density at radius 2 is 1.86 bits per heavy atom. The van der Waals surface area contributed by atoms with Gasteiger partial charge in [-0.3, -0.25) is 9.59 Å². The van der Waals surface area contributed by atoms with Gasteiger partial charge in [0.2, 0.25) is 0 Å². The first-order valence-electron chi connectivity index (χ1n) is 7.63. The number of nitrogens with one attached hydrogen (secondary N) is 1. The smallest absolute Gasteiger partial charge is 0.306 e. The second-order valence-corrected chi connectivity index (χ2v) is 5.61. The van der Waals surface area contributed by atoms with E-state index in [9.17, 15) is 9.59 Å². The standard InChI is InChI=1S/C17H20N2O3/c18-11-14-6-8-15(9-7-14)19-16(20)12-22-17(21)10-13-4-2-1-3-5-13/h6-9,13H,1-5,10,12H2,(H,19,20). The van der Waals surface area contributed by atoms with Gasteiger partial charge in [0.25, 0.3) is 5.91 Å². The molecular formula is C17H20N2O3. The third-order valence-electron chi connectivity index (χ3n) is 3.84. The summed E-state index contributed by atoms with van der Waals surface area (Å²) in [4.78, 5) is 23.4. The van der Waals surface area contributed by atoms with Crippen LogP contribution >= 0.6 is 0 Å². The van der Waals surface area contributed by atoms with Gasteiger partial charge >= 0.3 is 5.97 Å². The van der Waals surface area contributed by atoms with Crippen LogP contribution in [0.5, 0.6) is 0 Å². The Balaban J connectivity index is 1.70. The number of nitrogens with zero attached hydrogens (tertiary/aromatic N) is 1. The maximum Gasteiger partial charge on any atom is 0.306 e. The van der Waals surface area contributed by atoms with Crippen molar-refractivity contribution in [1.29, 1.82) is 5.26 Å². The topological polar surface area (TPSA) is 79.2 Å². The van der Waals surface area contributed by atoms with E-state index in [0.29, 0.717) is 23.6 Å². The number of hydrogen-bond acceptors (Lipinski definition) is 4. The van der Waals surface area contributed by atoms with Gasteiger partial charge in [-0.05, 0) is 43.0 Å². The van der Waals surface area contributed by atoms with Gasteiger partial charge < -0.3 is 10.1 Å². The highest BCUT2D eigenvalue weighted by Gasteiger charge is 2.18. The molecular weight excluding hydrogens is 280 g/mol. The summed E-state index contributed by atoms with van der Waals surface area (Å²) < 4.78 is 5.02. The molecule has 1 amide bonds. The number of esters is 1. The minimum absolute atomic E-state index is 0.272. The quantitative estimate of drug-likeness (QED) is 0.848. The number of hydrogen-bond donors (Lipinski definition) is 1. The molecule has 1 aromatic rings. The van der Waals surface area contributed by atoms with Crippen LogP contribution in [0.15, 0.2) is 24.3 Å². The number of rotatable bonds is 5. The molecule has 0 spiro atoms. The van der Waals surface area contributed by atoms with Crippen LogP contribution in [0, 0.1) is 17.2 Å². The number of nitriles is 1. The van der Waals surface area contributed by atoms with Gasteiger partial charge in [0, 0.05) is 12.1 Å². The molecule has 5 nitrogen and oxygen atoms in total. The summed E-state index contributed by atoms with van der Waals surface area (Å²) in [5.41, 5.74) is 1.10. The average molecular weight is 300 g/mol. The summed E-state index contributed by atoms with van der Waals surface area (Å²) in [7, 11) is 0. The fourth-order valence-electron chi connectivity index (χ4n) is 2.66. The maximum absolute atomic E-state index is 11.7. The van der Waals surface area contributed by atoms with Crippen LogP contribution in [0.3, 0.4) is 0 Å². The van der Waals surface area contributed by atoms with Gasteiger partial charge in [0.1, 0.15) is 0 Å². The Kier molecular flexibility index (Phi) is 5.96. The summed E-state index contributed by atoms with van der Waals surface area (Å²) in [6, 6.07) is 8.51. The van der Waals surface area contributed by atoms with Crippen molar-refractivity contribution < 1.29 is 14.3 Å². The van der Waals surface area contributed by atoms with Crippen LogP contribution in [0.25, 0.3) is 0 Å². The van der Waals surface area contributed by atoms with E-state index in [1.165, 1.54) is 19.3 Å². The van der Waals surface area contributed by atoms with Gasteiger partial charge in [-0.15, -0.1) is 0 Å². The fraction of sp³-hybridized carbons (Fsp3) is 0.471. The third-order valence-corrected chi connectivity index (χ3v) is 3.84. The first-order chi connectivity index (χ1) is 10.7. The molecule has 0 saturated heterocycles. The summed E-state index contributed by atoms with van der Waals surface area (Å²) in [5.74, 6) is -0.272. The van der Waals surface area contributed by atoms with Gasteiger partial charge in [0.15, 0.2) is 6.61 Å². The molecule has 1 aliphatic carbocycles. The molecule has 1 aromatic carbocycles. The Hall–Kier alpha value is -2.35. The van der Waals surface area contributed by atoms with E-state index in [1.807, 2.05) is 6.07 Å². The van der Waals surface area contributed by atoms with E-state index in [0.717, 1.165) is 12.8 Å². The maximum atomic E-state index is 11.7. The predicted molar refractivity (Wildman–Crippen MR) is 81.9 cm³/mol. The molecule has 22 heavy (non-hydrogen) atoms. The first kappa shape index (κ1) is 16.0. The zero-order valence-electron chi connectivity index (χ0n) is 12.5. The molecule has 1 saturated carbocycles. The average Bonchev–Trinajstić information content (AvgIpc) is 2.55. The SMILES string of the molecule is N#Cc1ccc(NC(=O)COC(=O)CC2CCCCC2)cc1. The van der Waals surface area contributed by atoms with Crippen LogP contribution in [-0.4, -0.2) is 18.5 Å². The normalized spacial score (nSPS) is 14.9. The number of anilines is 1. The molecule has 0 unspecified atom stereocenters. The highest BCUT2D eigenvalue weighted by atomic mass is 16.5. The lowest BCUT2D eigenvalue weighted by Gasteiger charge is -2.20. The van der Waals surface area contributed by atoms with E-state index < -0.39 is 0 Å². The van der Waals surface area contributed by atoms with E-state index >= 15 is 0 Å². The monoisotopic (exact) mass is 300 g/mol. The van der Waals surface area contributed by atoms with Crippen molar-refractivity contribution >= 4 is 17.6 Å². The Bertz CT molecular complexity index is 554. The molecule has 2 rings (SSSR count). The molecule has 1 fully saturated rings. The van der Waals surface area contributed by atoms with Crippen molar-refractivity contribution in [2.45, 2.75) is 38.5 Å². The van der Waals surface area contributed by atoms with Crippen molar-refractivity contribution in [2.75, 3.05) is 11.9 Å². The summed E-state index contributed by atoms with van der Waals surface area (Å²) in [6.07, 6.45) is 6.16. The molecule has 0 atom stereocenters. The lowest BCUT2D eigenvalue weighted by Crippen LogP contribution is -2.22. The number of amides is 1. The Labute approximate surface area is 130 Å². The fourth-order valence-corrected chi connectivity index (χ4v) is 2.66. The predicted octanol–water partition coefficient (Wildman–Crippen LogP) is 3.01. The molecule has 1 aliphatic rings. The summed E-state index contributed by atoms with van der Waals surface area (Å²) in [5, 5.41) is 11.3. The van der Waals surface area contributed by atoms with Crippen LogP contribution in [-0.2, 0) is 14.3 Å². The number of benzene rings is 1. The van der Waals surface area contributed by atoms with Crippen molar-refractivity contribution in [3.8, 4) is 6.07 Å².